The topological polar surface area (TPSA) is 82.6 Å². The summed E-state index contributed by atoms with van der Waals surface area (Å²) in [4.78, 5) is 22.1. The zero-order chi connectivity index (χ0) is 18.0. The van der Waals surface area contributed by atoms with Gasteiger partial charge in [0.25, 0.3) is 5.69 Å². The molecule has 1 aromatic heterocycles. The number of nitrogens with zero attached hydrogens (tertiary/aromatic N) is 1. The molecule has 6 nitrogen and oxygen atoms in total. The summed E-state index contributed by atoms with van der Waals surface area (Å²) >= 11 is 0. The lowest BCUT2D eigenvalue weighted by atomic mass is 10.1. The minimum absolute atomic E-state index is 0.0224. The average molecular weight is 339 g/mol. The van der Waals surface area contributed by atoms with E-state index < -0.39 is 4.92 Å². The normalized spacial score (nSPS) is 15.6. The van der Waals surface area contributed by atoms with E-state index >= 15 is 0 Å². The molecule has 0 unspecified atom stereocenters. The predicted molar refractivity (Wildman–Crippen MR) is 92.4 cm³/mol. The first kappa shape index (κ1) is 16.7. The molecule has 128 valence electrons. The third-order valence-corrected chi connectivity index (χ3v) is 3.67. The van der Waals surface area contributed by atoms with Gasteiger partial charge in [-0.1, -0.05) is 13.8 Å². The number of hydrogen-bond donors (Lipinski definition) is 0. The standard InChI is InChI=1S/C19H17NO5/c1-12(2)9-17-11-14(19(21)25-17)10-16-7-8-18(24-16)13-3-5-15(6-4-13)20(22)23/h3-8,10-12H,9H2,1-2H3. The largest absolute Gasteiger partial charge is 0.457 e. The SMILES string of the molecule is CC(C)CC1=CC(=Cc2ccc(-c3ccc([N+](=O)[O-])cc3)o2)C(=O)O1. The molecule has 0 aliphatic carbocycles. The number of carbonyl (C=O) groups excluding carboxylic acids is 1. The first-order valence-electron chi connectivity index (χ1n) is 7.91. The number of allylic oxidation sites excluding steroid dienone is 1. The maximum Gasteiger partial charge on any atom is 0.343 e. The molecule has 3 rings (SSSR count). The minimum Gasteiger partial charge on any atom is -0.457 e. The molecular formula is C19H17NO5. The highest BCUT2D eigenvalue weighted by Crippen LogP contribution is 2.28. The Kier molecular flexibility index (Phi) is 4.52. The van der Waals surface area contributed by atoms with Crippen LogP contribution in [-0.2, 0) is 9.53 Å². The molecule has 1 aliphatic heterocycles. The molecule has 0 amide bonds. The van der Waals surface area contributed by atoms with Crippen molar-refractivity contribution in [1.29, 1.82) is 0 Å². The molecule has 0 saturated carbocycles. The van der Waals surface area contributed by atoms with E-state index in [1.165, 1.54) is 12.1 Å². The number of cyclic esters (lactones) is 1. The van der Waals surface area contributed by atoms with Gasteiger partial charge in [-0.3, -0.25) is 10.1 Å². The molecule has 1 aromatic carbocycles. The van der Waals surface area contributed by atoms with Crippen molar-refractivity contribution in [2.45, 2.75) is 20.3 Å². The molecule has 0 bridgehead atoms. The average Bonchev–Trinajstić information content (AvgIpc) is 3.14. The summed E-state index contributed by atoms with van der Waals surface area (Å²) in [6, 6.07) is 9.59. The van der Waals surface area contributed by atoms with E-state index in [2.05, 4.69) is 13.8 Å². The minimum atomic E-state index is -0.450. The van der Waals surface area contributed by atoms with Crippen LogP contribution >= 0.6 is 0 Å². The van der Waals surface area contributed by atoms with E-state index in [1.807, 2.05) is 0 Å². The molecule has 2 heterocycles. The van der Waals surface area contributed by atoms with Crippen LogP contribution in [0.15, 0.2) is 58.2 Å². The van der Waals surface area contributed by atoms with Gasteiger partial charge in [0, 0.05) is 24.1 Å². The van der Waals surface area contributed by atoms with Gasteiger partial charge in [-0.25, -0.2) is 4.79 Å². The number of esters is 1. The molecular weight excluding hydrogens is 322 g/mol. The van der Waals surface area contributed by atoms with Crippen molar-refractivity contribution in [1.82, 2.24) is 0 Å². The van der Waals surface area contributed by atoms with Crippen LogP contribution in [0.4, 0.5) is 5.69 Å². The van der Waals surface area contributed by atoms with Gasteiger partial charge in [0.1, 0.15) is 17.3 Å². The van der Waals surface area contributed by atoms with E-state index in [4.69, 9.17) is 9.15 Å². The second kappa shape index (κ2) is 6.76. The van der Waals surface area contributed by atoms with Crippen molar-refractivity contribution in [2.75, 3.05) is 0 Å². The zero-order valence-electron chi connectivity index (χ0n) is 13.9. The van der Waals surface area contributed by atoms with Crippen LogP contribution in [0.3, 0.4) is 0 Å². The Bertz CT molecular complexity index is 871. The molecule has 0 spiro atoms. The Morgan fingerprint density at radius 3 is 2.52 bits per heavy atom. The van der Waals surface area contributed by atoms with Gasteiger partial charge in [-0.15, -0.1) is 0 Å². The van der Waals surface area contributed by atoms with Crippen molar-refractivity contribution < 1.29 is 18.9 Å². The number of hydrogen-bond acceptors (Lipinski definition) is 5. The number of nitro benzene ring substituents is 1. The maximum atomic E-state index is 11.9. The number of furan rings is 1. The first-order chi connectivity index (χ1) is 11.9. The monoisotopic (exact) mass is 339 g/mol. The fraction of sp³-hybridized carbons (Fsp3) is 0.211. The van der Waals surface area contributed by atoms with Crippen LogP contribution < -0.4 is 0 Å². The van der Waals surface area contributed by atoms with Gasteiger partial charge in [0.15, 0.2) is 0 Å². The number of non-ortho nitro benzene ring substituents is 1. The van der Waals surface area contributed by atoms with Crippen LogP contribution in [0.5, 0.6) is 0 Å². The number of carbonyl (C=O) groups is 1. The summed E-state index contributed by atoms with van der Waals surface area (Å²) in [5.74, 6) is 1.76. The van der Waals surface area contributed by atoms with Crippen LogP contribution in [0.2, 0.25) is 0 Å². The summed E-state index contributed by atoms with van der Waals surface area (Å²) in [6.45, 7) is 4.11. The van der Waals surface area contributed by atoms with Crippen LogP contribution in [0, 0.1) is 16.0 Å². The van der Waals surface area contributed by atoms with Gasteiger partial charge in [-0.05, 0) is 42.3 Å². The summed E-state index contributed by atoms with van der Waals surface area (Å²) in [7, 11) is 0. The third-order valence-electron chi connectivity index (χ3n) is 3.67. The number of nitro groups is 1. The second-order valence-corrected chi connectivity index (χ2v) is 6.20. The number of benzene rings is 1. The van der Waals surface area contributed by atoms with Crippen molar-refractivity contribution in [3.05, 3.63) is 69.7 Å². The molecule has 0 N–H and O–H groups in total. The van der Waals surface area contributed by atoms with Gasteiger partial charge in [0.2, 0.25) is 0 Å². The lowest BCUT2D eigenvalue weighted by Gasteiger charge is -2.03. The highest BCUT2D eigenvalue weighted by atomic mass is 16.6. The van der Waals surface area contributed by atoms with E-state index in [-0.39, 0.29) is 11.7 Å². The number of rotatable bonds is 5. The lowest BCUT2D eigenvalue weighted by molar-refractivity contribution is -0.384. The number of ether oxygens (including phenoxy) is 1. The molecule has 0 atom stereocenters. The van der Waals surface area contributed by atoms with E-state index in [0.29, 0.717) is 35.2 Å². The summed E-state index contributed by atoms with van der Waals surface area (Å²) < 4.78 is 10.9. The van der Waals surface area contributed by atoms with Crippen LogP contribution in [0.1, 0.15) is 26.0 Å². The molecule has 0 saturated heterocycles. The van der Waals surface area contributed by atoms with Crippen molar-refractivity contribution in [3.63, 3.8) is 0 Å². The Morgan fingerprint density at radius 2 is 1.88 bits per heavy atom. The van der Waals surface area contributed by atoms with Gasteiger partial charge in [-0.2, -0.15) is 0 Å². The third kappa shape index (κ3) is 3.85. The van der Waals surface area contributed by atoms with Crippen molar-refractivity contribution in [3.8, 4) is 11.3 Å². The van der Waals surface area contributed by atoms with E-state index in [9.17, 15) is 14.9 Å². The molecule has 25 heavy (non-hydrogen) atoms. The fourth-order valence-electron chi connectivity index (χ4n) is 2.53. The Morgan fingerprint density at radius 1 is 1.16 bits per heavy atom. The van der Waals surface area contributed by atoms with E-state index in [1.54, 1.807) is 36.4 Å². The molecule has 1 aliphatic rings. The quantitative estimate of drug-likeness (QED) is 0.340. The van der Waals surface area contributed by atoms with Gasteiger partial charge < -0.3 is 9.15 Å². The molecule has 6 heteroatoms. The Hall–Kier alpha value is -3.15. The second-order valence-electron chi connectivity index (χ2n) is 6.20. The molecule has 0 radical (unpaired) electrons. The van der Waals surface area contributed by atoms with Crippen LogP contribution in [0.25, 0.3) is 17.4 Å². The predicted octanol–water partition coefficient (Wildman–Crippen LogP) is 4.73. The smallest absolute Gasteiger partial charge is 0.343 e. The Labute approximate surface area is 144 Å². The highest BCUT2D eigenvalue weighted by Gasteiger charge is 2.21. The zero-order valence-corrected chi connectivity index (χ0v) is 13.9. The van der Waals surface area contributed by atoms with Crippen molar-refractivity contribution >= 4 is 17.7 Å². The molecule has 0 fully saturated rings. The summed E-state index contributed by atoms with van der Waals surface area (Å²) in [6.07, 6.45) is 4.07. The maximum absolute atomic E-state index is 11.9. The lowest BCUT2D eigenvalue weighted by Crippen LogP contribution is -1.98. The fourth-order valence-corrected chi connectivity index (χ4v) is 2.53. The summed E-state index contributed by atoms with van der Waals surface area (Å²) in [5, 5.41) is 10.7. The Balaban J connectivity index is 1.80. The van der Waals surface area contributed by atoms with Crippen LogP contribution in [-0.4, -0.2) is 10.9 Å². The highest BCUT2D eigenvalue weighted by molar-refractivity contribution is 5.99. The molecule has 2 aromatic rings. The van der Waals surface area contributed by atoms with Crippen molar-refractivity contribution in [2.24, 2.45) is 5.92 Å². The summed E-state index contributed by atoms with van der Waals surface area (Å²) in [5.41, 5.74) is 1.19. The van der Waals surface area contributed by atoms with Gasteiger partial charge in [0.05, 0.1) is 10.5 Å². The first-order valence-corrected chi connectivity index (χ1v) is 7.91. The van der Waals surface area contributed by atoms with Gasteiger partial charge >= 0.3 is 5.97 Å². The van der Waals surface area contributed by atoms with E-state index in [0.717, 1.165) is 5.56 Å².